The number of rotatable bonds is 4. The van der Waals surface area contributed by atoms with Crippen molar-refractivity contribution in [2.75, 3.05) is 19.8 Å². The van der Waals surface area contributed by atoms with Gasteiger partial charge in [0.15, 0.2) is 0 Å². The van der Waals surface area contributed by atoms with Gasteiger partial charge in [-0.2, -0.15) is 0 Å². The molecule has 0 aromatic carbocycles. The third-order valence-electron chi connectivity index (χ3n) is 0.664. The van der Waals surface area contributed by atoms with Crippen LogP contribution in [0.5, 0.6) is 0 Å². The second-order valence-electron chi connectivity index (χ2n) is 1.66. The molecule has 0 amide bonds. The summed E-state index contributed by atoms with van der Waals surface area (Å²) in [5.74, 6) is -0.807. The smallest absolute Gasteiger partial charge is 0.305 e. The summed E-state index contributed by atoms with van der Waals surface area (Å²) in [4.78, 5) is 9.79. The van der Waals surface area contributed by atoms with Gasteiger partial charge in [-0.3, -0.25) is 4.79 Å². The Hall–Kier alpha value is -0.610. The SMILES string of the molecule is CCO.CCOCCC(=O)O. The highest BCUT2D eigenvalue weighted by Gasteiger charge is 1.92. The van der Waals surface area contributed by atoms with Gasteiger partial charge >= 0.3 is 5.97 Å². The minimum atomic E-state index is -0.807. The van der Waals surface area contributed by atoms with Crippen molar-refractivity contribution in [2.45, 2.75) is 20.3 Å². The van der Waals surface area contributed by atoms with Crippen molar-refractivity contribution in [1.82, 2.24) is 0 Å². The van der Waals surface area contributed by atoms with Crippen molar-refractivity contribution in [3.8, 4) is 0 Å². The molecule has 0 saturated heterocycles. The van der Waals surface area contributed by atoms with Crippen molar-refractivity contribution in [3.63, 3.8) is 0 Å². The standard InChI is InChI=1S/C5H10O3.C2H6O/c1-2-8-4-3-5(6)7;1-2-3/h2-4H2,1H3,(H,6,7);3H,2H2,1H3. The van der Waals surface area contributed by atoms with Crippen LogP contribution in [0, 0.1) is 0 Å². The van der Waals surface area contributed by atoms with E-state index in [0.717, 1.165) is 0 Å². The summed E-state index contributed by atoms with van der Waals surface area (Å²) in [6, 6.07) is 0. The fraction of sp³-hybridized carbons (Fsp3) is 0.857. The average molecular weight is 164 g/mol. The predicted molar refractivity (Wildman–Crippen MR) is 41.5 cm³/mol. The Labute approximate surface area is 66.8 Å². The number of carbonyl (C=O) groups is 1. The maximum atomic E-state index is 9.79. The lowest BCUT2D eigenvalue weighted by Crippen LogP contribution is -2.01. The zero-order chi connectivity index (χ0) is 9.11. The van der Waals surface area contributed by atoms with Crippen LogP contribution in [-0.2, 0) is 9.53 Å². The molecule has 0 unspecified atom stereocenters. The van der Waals surface area contributed by atoms with E-state index in [9.17, 15) is 4.79 Å². The van der Waals surface area contributed by atoms with Crippen LogP contribution < -0.4 is 0 Å². The van der Waals surface area contributed by atoms with Gasteiger partial charge in [0, 0.05) is 13.2 Å². The van der Waals surface area contributed by atoms with Gasteiger partial charge in [-0.25, -0.2) is 0 Å². The minimum Gasteiger partial charge on any atom is -0.481 e. The lowest BCUT2D eigenvalue weighted by molar-refractivity contribution is -0.138. The third-order valence-corrected chi connectivity index (χ3v) is 0.664. The molecule has 0 spiro atoms. The lowest BCUT2D eigenvalue weighted by Gasteiger charge is -1.93. The van der Waals surface area contributed by atoms with Gasteiger partial charge in [-0.05, 0) is 13.8 Å². The molecule has 0 atom stereocenters. The van der Waals surface area contributed by atoms with E-state index in [1.165, 1.54) is 0 Å². The first-order valence-corrected chi connectivity index (χ1v) is 3.59. The van der Waals surface area contributed by atoms with Crippen molar-refractivity contribution < 1.29 is 19.7 Å². The summed E-state index contributed by atoms with van der Waals surface area (Å²) < 4.78 is 4.76. The van der Waals surface area contributed by atoms with Crippen LogP contribution in [0.2, 0.25) is 0 Å². The summed E-state index contributed by atoms with van der Waals surface area (Å²) in [5, 5.41) is 15.6. The molecule has 2 N–H and O–H groups in total. The molecular formula is C7H16O4. The van der Waals surface area contributed by atoms with Crippen LogP contribution in [0.4, 0.5) is 0 Å². The average Bonchev–Trinajstić information content (AvgIpc) is 1.89. The highest BCUT2D eigenvalue weighted by Crippen LogP contribution is 1.79. The molecule has 0 saturated carbocycles. The second-order valence-corrected chi connectivity index (χ2v) is 1.66. The Morgan fingerprint density at radius 2 is 1.91 bits per heavy atom. The Morgan fingerprint density at radius 3 is 2.18 bits per heavy atom. The normalized spacial score (nSPS) is 8.27. The van der Waals surface area contributed by atoms with Gasteiger partial charge in [0.05, 0.1) is 13.0 Å². The van der Waals surface area contributed by atoms with Crippen LogP contribution >= 0.6 is 0 Å². The van der Waals surface area contributed by atoms with Gasteiger partial charge in [0.25, 0.3) is 0 Å². The van der Waals surface area contributed by atoms with E-state index in [2.05, 4.69) is 0 Å². The first-order valence-electron chi connectivity index (χ1n) is 3.59. The van der Waals surface area contributed by atoms with E-state index in [-0.39, 0.29) is 13.0 Å². The predicted octanol–water partition coefficient (Wildman–Crippen LogP) is 0.496. The Morgan fingerprint density at radius 1 is 1.45 bits per heavy atom. The van der Waals surface area contributed by atoms with E-state index in [1.807, 2.05) is 6.92 Å². The quantitative estimate of drug-likeness (QED) is 0.593. The van der Waals surface area contributed by atoms with Crippen molar-refractivity contribution >= 4 is 5.97 Å². The number of carboxylic acid groups (broad SMARTS) is 1. The number of aliphatic hydroxyl groups excluding tert-OH is 1. The molecule has 0 radical (unpaired) electrons. The summed E-state index contributed by atoms with van der Waals surface area (Å²) >= 11 is 0. The van der Waals surface area contributed by atoms with E-state index in [4.69, 9.17) is 14.9 Å². The summed E-state index contributed by atoms with van der Waals surface area (Å²) in [5.41, 5.74) is 0. The highest BCUT2D eigenvalue weighted by molar-refractivity contribution is 5.66. The molecule has 0 fully saturated rings. The van der Waals surface area contributed by atoms with Crippen LogP contribution in [0.25, 0.3) is 0 Å². The zero-order valence-electron chi connectivity index (χ0n) is 7.04. The van der Waals surface area contributed by atoms with Crippen molar-refractivity contribution in [2.24, 2.45) is 0 Å². The second kappa shape index (κ2) is 12.1. The van der Waals surface area contributed by atoms with E-state index in [0.29, 0.717) is 13.2 Å². The Bertz CT molecular complexity index is 82.5. The Balaban J connectivity index is 0. The maximum Gasteiger partial charge on any atom is 0.305 e. The number of aliphatic hydroxyl groups is 1. The number of carboxylic acids is 1. The minimum absolute atomic E-state index is 0.105. The molecule has 0 aliphatic rings. The molecule has 68 valence electrons. The van der Waals surface area contributed by atoms with Crippen molar-refractivity contribution in [3.05, 3.63) is 0 Å². The topological polar surface area (TPSA) is 66.8 Å². The third kappa shape index (κ3) is 26.6. The molecule has 4 heteroatoms. The molecule has 0 bridgehead atoms. The van der Waals surface area contributed by atoms with Gasteiger partial charge in [0.2, 0.25) is 0 Å². The van der Waals surface area contributed by atoms with Gasteiger partial charge in [0.1, 0.15) is 0 Å². The van der Waals surface area contributed by atoms with Gasteiger partial charge in [-0.1, -0.05) is 0 Å². The first-order chi connectivity index (χ1) is 5.18. The van der Waals surface area contributed by atoms with Gasteiger partial charge in [-0.15, -0.1) is 0 Å². The van der Waals surface area contributed by atoms with Crippen LogP contribution in [0.3, 0.4) is 0 Å². The molecule has 4 nitrogen and oxygen atoms in total. The maximum absolute atomic E-state index is 9.79. The summed E-state index contributed by atoms with van der Waals surface area (Å²) in [6.45, 7) is 4.68. The highest BCUT2D eigenvalue weighted by atomic mass is 16.5. The van der Waals surface area contributed by atoms with Gasteiger partial charge < -0.3 is 14.9 Å². The van der Waals surface area contributed by atoms with E-state index < -0.39 is 5.97 Å². The van der Waals surface area contributed by atoms with E-state index in [1.54, 1.807) is 6.92 Å². The molecule has 0 aromatic rings. The summed E-state index contributed by atoms with van der Waals surface area (Å²) in [6.07, 6.45) is 0.105. The Kier molecular flexibility index (Phi) is 14.3. The lowest BCUT2D eigenvalue weighted by atomic mass is 10.5. The molecule has 0 heterocycles. The number of hydrogen-bond acceptors (Lipinski definition) is 3. The van der Waals surface area contributed by atoms with Crippen molar-refractivity contribution in [1.29, 1.82) is 0 Å². The van der Waals surface area contributed by atoms with Crippen LogP contribution in [0.1, 0.15) is 20.3 Å². The molecule has 0 aliphatic heterocycles. The fourth-order valence-electron chi connectivity index (χ4n) is 0.304. The zero-order valence-corrected chi connectivity index (χ0v) is 7.04. The van der Waals surface area contributed by atoms with E-state index >= 15 is 0 Å². The molecule has 0 aliphatic carbocycles. The summed E-state index contributed by atoms with van der Waals surface area (Å²) in [7, 11) is 0. The first kappa shape index (κ1) is 13.0. The fourth-order valence-corrected chi connectivity index (χ4v) is 0.304. The monoisotopic (exact) mass is 164 g/mol. The van der Waals surface area contributed by atoms with Crippen LogP contribution in [0.15, 0.2) is 0 Å². The molecule has 0 aromatic heterocycles. The molecular weight excluding hydrogens is 148 g/mol. The van der Waals surface area contributed by atoms with Crippen LogP contribution in [-0.4, -0.2) is 36.0 Å². The largest absolute Gasteiger partial charge is 0.481 e. The number of hydrogen-bond donors (Lipinski definition) is 2. The number of ether oxygens (including phenoxy) is 1. The number of aliphatic carboxylic acids is 1. The molecule has 0 rings (SSSR count). The molecule has 11 heavy (non-hydrogen) atoms.